The zero-order valence-corrected chi connectivity index (χ0v) is 30.5. The zero-order valence-electron chi connectivity index (χ0n) is 30.5. The van der Waals surface area contributed by atoms with Crippen molar-refractivity contribution in [3.63, 3.8) is 0 Å². The molecule has 0 spiro atoms. The Morgan fingerprint density at radius 3 is 1.02 bits per heavy atom. The van der Waals surface area contributed by atoms with Crippen LogP contribution in [-0.2, 0) is 28.2 Å². The molecule has 0 heterocycles. The fraction of sp³-hybridized carbons (Fsp3) is 0.561. The molecule has 0 aromatic heterocycles. The summed E-state index contributed by atoms with van der Waals surface area (Å²) in [5, 5.41) is 0. The maximum atomic E-state index is 6.96. The summed E-state index contributed by atoms with van der Waals surface area (Å²) >= 11 is 0. The van der Waals surface area contributed by atoms with Crippen LogP contribution in [0.3, 0.4) is 0 Å². The lowest BCUT2D eigenvalue weighted by molar-refractivity contribution is 0.565. The molecule has 44 heavy (non-hydrogen) atoms. The van der Waals surface area contributed by atoms with Gasteiger partial charge in [-0.2, -0.15) is 0 Å². The quantitative estimate of drug-likeness (QED) is 0.254. The van der Waals surface area contributed by atoms with Crippen LogP contribution in [0.15, 0.2) is 48.5 Å². The van der Waals surface area contributed by atoms with Crippen LogP contribution in [0.5, 0.6) is 0 Å². The Balaban J connectivity index is 2.36. The van der Waals surface area contributed by atoms with Crippen molar-refractivity contribution in [1.82, 2.24) is 0 Å². The second-order valence-corrected chi connectivity index (χ2v) is 17.4. The Morgan fingerprint density at radius 1 is 0.500 bits per heavy atom. The van der Waals surface area contributed by atoms with E-state index in [0.29, 0.717) is 13.1 Å². The molecule has 0 aliphatic heterocycles. The second kappa shape index (κ2) is 12.7. The first kappa shape index (κ1) is 36.0. The van der Waals surface area contributed by atoms with Gasteiger partial charge >= 0.3 is 0 Å². The van der Waals surface area contributed by atoms with Gasteiger partial charge in [0.05, 0.1) is 0 Å². The van der Waals surface area contributed by atoms with E-state index in [9.17, 15) is 0 Å². The molecule has 242 valence electrons. The summed E-state index contributed by atoms with van der Waals surface area (Å²) in [7, 11) is 0. The van der Waals surface area contributed by atoms with Gasteiger partial charge in [0, 0.05) is 31.0 Å². The largest absolute Gasteiger partial charge is 0.329 e. The number of benzene rings is 3. The van der Waals surface area contributed by atoms with E-state index in [-0.39, 0.29) is 39.5 Å². The molecule has 1 unspecified atom stereocenters. The van der Waals surface area contributed by atoms with E-state index in [1.165, 1.54) is 50.1 Å². The fourth-order valence-electron chi connectivity index (χ4n) is 6.04. The van der Waals surface area contributed by atoms with Crippen molar-refractivity contribution >= 4 is 0 Å². The zero-order chi connectivity index (χ0) is 33.6. The average molecular weight is 598 g/mol. The van der Waals surface area contributed by atoms with Gasteiger partial charge in [-0.05, 0) is 77.3 Å². The van der Waals surface area contributed by atoms with E-state index in [0.717, 1.165) is 5.56 Å². The van der Waals surface area contributed by atoms with Crippen molar-refractivity contribution in [2.24, 2.45) is 17.2 Å². The fourth-order valence-corrected chi connectivity index (χ4v) is 6.04. The van der Waals surface area contributed by atoms with Gasteiger partial charge in [-0.15, -0.1) is 0 Å². The minimum atomic E-state index is -0.280. The molecule has 3 aromatic carbocycles. The van der Waals surface area contributed by atoms with Crippen LogP contribution in [0.2, 0.25) is 0 Å². The van der Waals surface area contributed by atoms with Gasteiger partial charge in [0.1, 0.15) is 0 Å². The van der Waals surface area contributed by atoms with E-state index in [1.54, 1.807) is 0 Å². The number of nitrogens with two attached hydrogens (primary N) is 3. The summed E-state index contributed by atoms with van der Waals surface area (Å²) in [6, 6.07) is 18.7. The molecule has 0 aliphatic rings. The molecule has 3 aromatic rings. The first-order valence-corrected chi connectivity index (χ1v) is 16.6. The van der Waals surface area contributed by atoms with E-state index in [1.807, 2.05) is 0 Å². The van der Waals surface area contributed by atoms with Crippen molar-refractivity contribution in [3.8, 4) is 0 Å². The van der Waals surface area contributed by atoms with E-state index in [4.69, 9.17) is 17.2 Å². The Bertz CT molecular complexity index is 1280. The number of hydrogen-bond donors (Lipinski definition) is 3. The molecule has 0 saturated heterocycles. The smallest absolute Gasteiger partial charge is 0.0425 e. The summed E-state index contributed by atoms with van der Waals surface area (Å²) in [5.74, 6) is 0.240. The molecule has 3 heteroatoms. The number of hydrogen-bond acceptors (Lipinski definition) is 3. The van der Waals surface area contributed by atoms with Gasteiger partial charge in [-0.3, -0.25) is 0 Å². The molecule has 3 atom stereocenters. The molecule has 0 saturated carbocycles. The molecule has 6 N–H and O–H groups in total. The number of rotatable bonds is 7. The first-order chi connectivity index (χ1) is 20.0. The maximum absolute atomic E-state index is 6.96. The minimum absolute atomic E-state index is 0.0356. The highest BCUT2D eigenvalue weighted by molar-refractivity contribution is 5.52. The topological polar surface area (TPSA) is 78.1 Å². The van der Waals surface area contributed by atoms with Gasteiger partial charge in [0.25, 0.3) is 0 Å². The van der Waals surface area contributed by atoms with Gasteiger partial charge in [0.2, 0.25) is 0 Å². The van der Waals surface area contributed by atoms with Crippen LogP contribution in [0, 0.1) is 0 Å². The third kappa shape index (κ3) is 8.03. The van der Waals surface area contributed by atoms with E-state index in [2.05, 4.69) is 145 Å². The molecule has 0 aliphatic carbocycles. The van der Waals surface area contributed by atoms with Crippen molar-refractivity contribution in [2.75, 3.05) is 6.54 Å². The molecular weight excluding hydrogens is 534 g/mol. The summed E-state index contributed by atoms with van der Waals surface area (Å²) in [6.45, 7) is 33.1. The third-order valence-corrected chi connectivity index (χ3v) is 9.47. The molecule has 0 bridgehead atoms. The molecule has 0 amide bonds. The summed E-state index contributed by atoms with van der Waals surface area (Å²) < 4.78 is 0. The average Bonchev–Trinajstić information content (AvgIpc) is 2.92. The molecular formula is C41H63N3. The Morgan fingerprint density at radius 2 is 0.795 bits per heavy atom. The summed E-state index contributed by atoms with van der Waals surface area (Å²) in [6.07, 6.45) is 0. The summed E-state index contributed by atoms with van der Waals surface area (Å²) in [5.41, 5.74) is 32.7. The van der Waals surface area contributed by atoms with Crippen LogP contribution in [0.25, 0.3) is 0 Å². The predicted octanol–water partition coefficient (Wildman–Crippen LogP) is 9.60. The van der Waals surface area contributed by atoms with Crippen LogP contribution >= 0.6 is 0 Å². The van der Waals surface area contributed by atoms with Gasteiger partial charge in [-0.25, -0.2) is 0 Å². The highest BCUT2D eigenvalue weighted by atomic mass is 14.7. The molecule has 3 rings (SSSR count). The highest BCUT2D eigenvalue weighted by Gasteiger charge is 2.28. The van der Waals surface area contributed by atoms with Crippen molar-refractivity contribution in [2.45, 2.75) is 143 Å². The molecule has 3 nitrogen and oxygen atoms in total. The Kier molecular flexibility index (Phi) is 10.4. The summed E-state index contributed by atoms with van der Waals surface area (Å²) in [4.78, 5) is 0. The van der Waals surface area contributed by atoms with E-state index < -0.39 is 0 Å². The van der Waals surface area contributed by atoms with Crippen LogP contribution in [0.1, 0.15) is 170 Å². The normalized spacial score (nSPS) is 15.3. The monoisotopic (exact) mass is 598 g/mol. The van der Waals surface area contributed by atoms with Gasteiger partial charge < -0.3 is 17.2 Å². The van der Waals surface area contributed by atoms with Crippen LogP contribution in [0.4, 0.5) is 0 Å². The molecule has 0 fully saturated rings. The highest BCUT2D eigenvalue weighted by Crippen LogP contribution is 2.42. The van der Waals surface area contributed by atoms with E-state index >= 15 is 0 Å². The SMILES string of the molecule is C[C@H](c1cc(C(C)(C)C)cc(C(C)(C)C)c1)c1cc(CN)cc([C@H](C)c2cc(C(C)(C)C)cc(C(C)(C)C)c2)c1C(N)CN. The Hall–Kier alpha value is -2.46. The second-order valence-electron chi connectivity index (χ2n) is 17.4. The molecule has 0 radical (unpaired) electrons. The van der Waals surface area contributed by atoms with Gasteiger partial charge in [-0.1, -0.05) is 145 Å². The standard InChI is InChI=1S/C41H63N3/c1-25(28-17-30(38(3,4)5)21-31(18-28)39(6,7)8)34-15-27(23-42)16-35(37(34)36(44)24-43)26(2)29-19-32(40(9,10)11)22-33(20-29)41(12,13)14/h15-22,25-26,36H,23-24,42-44H2,1-14H3/t25-,26-,36?/m1/s1. The van der Waals surface area contributed by atoms with Crippen molar-refractivity contribution < 1.29 is 0 Å². The van der Waals surface area contributed by atoms with Crippen molar-refractivity contribution in [3.05, 3.63) is 104 Å². The van der Waals surface area contributed by atoms with Crippen LogP contribution in [-0.4, -0.2) is 6.54 Å². The van der Waals surface area contributed by atoms with Crippen LogP contribution < -0.4 is 17.2 Å². The minimum Gasteiger partial charge on any atom is -0.329 e. The maximum Gasteiger partial charge on any atom is 0.0425 e. The third-order valence-electron chi connectivity index (χ3n) is 9.47. The lowest BCUT2D eigenvalue weighted by Crippen LogP contribution is -2.26. The predicted molar refractivity (Wildman–Crippen MR) is 193 cm³/mol. The lowest BCUT2D eigenvalue weighted by Gasteiger charge is -2.31. The first-order valence-electron chi connectivity index (χ1n) is 16.6. The lowest BCUT2D eigenvalue weighted by atomic mass is 9.74. The van der Waals surface area contributed by atoms with Crippen molar-refractivity contribution in [1.29, 1.82) is 0 Å². The van der Waals surface area contributed by atoms with Gasteiger partial charge in [0.15, 0.2) is 0 Å². The Labute approximate surface area is 270 Å².